The number of benzene rings is 1. The first-order valence-electron chi connectivity index (χ1n) is 6.34. The zero-order chi connectivity index (χ0) is 15.0. The van der Waals surface area contributed by atoms with E-state index < -0.39 is 5.97 Å². The van der Waals surface area contributed by atoms with Gasteiger partial charge in [-0.15, -0.1) is 0 Å². The first-order chi connectivity index (χ1) is 9.56. The summed E-state index contributed by atoms with van der Waals surface area (Å²) in [4.78, 5) is 34.0. The van der Waals surface area contributed by atoms with Gasteiger partial charge in [0, 0.05) is 24.7 Å². The molecule has 1 rings (SSSR count). The van der Waals surface area contributed by atoms with Gasteiger partial charge in [-0.25, -0.2) is 0 Å². The molecule has 2 N–H and O–H groups in total. The summed E-state index contributed by atoms with van der Waals surface area (Å²) < 4.78 is 4.73. The Hall–Kier alpha value is -2.37. The first kappa shape index (κ1) is 15.7. The third-order valence-corrected chi connectivity index (χ3v) is 2.52. The fraction of sp³-hybridized carbons (Fsp3) is 0.357. The van der Waals surface area contributed by atoms with Crippen LogP contribution in [0.2, 0.25) is 0 Å². The number of carbonyl (C=O) groups excluding carboxylic acids is 3. The van der Waals surface area contributed by atoms with E-state index in [0.717, 1.165) is 0 Å². The molecule has 2 amide bonds. The molecule has 0 spiro atoms. The summed E-state index contributed by atoms with van der Waals surface area (Å²) >= 11 is 0. The molecule has 0 aliphatic heterocycles. The van der Waals surface area contributed by atoms with Crippen molar-refractivity contribution in [1.82, 2.24) is 5.32 Å². The van der Waals surface area contributed by atoms with E-state index in [1.54, 1.807) is 38.2 Å². The minimum Gasteiger partial charge on any atom is -0.466 e. The van der Waals surface area contributed by atoms with Gasteiger partial charge in [-0.1, -0.05) is 0 Å². The van der Waals surface area contributed by atoms with Gasteiger partial charge >= 0.3 is 5.97 Å². The molecule has 0 fully saturated rings. The van der Waals surface area contributed by atoms with Crippen LogP contribution in [0.4, 0.5) is 5.69 Å². The van der Waals surface area contributed by atoms with Crippen LogP contribution in [0.3, 0.4) is 0 Å². The molecule has 0 aromatic heterocycles. The molecule has 1 aromatic rings. The maximum Gasteiger partial charge on any atom is 0.306 e. The van der Waals surface area contributed by atoms with Gasteiger partial charge in [0.25, 0.3) is 5.91 Å². The number of anilines is 1. The molecule has 0 bridgehead atoms. The van der Waals surface area contributed by atoms with Crippen molar-refractivity contribution < 1.29 is 19.1 Å². The van der Waals surface area contributed by atoms with E-state index in [4.69, 9.17) is 4.74 Å². The highest BCUT2D eigenvalue weighted by Gasteiger charge is 2.08. The van der Waals surface area contributed by atoms with Gasteiger partial charge in [0.05, 0.1) is 13.0 Å². The monoisotopic (exact) mass is 278 g/mol. The minimum atomic E-state index is -0.391. The van der Waals surface area contributed by atoms with Gasteiger partial charge in [-0.3, -0.25) is 14.4 Å². The van der Waals surface area contributed by atoms with Crippen molar-refractivity contribution >= 4 is 23.5 Å². The lowest BCUT2D eigenvalue weighted by atomic mass is 10.2. The van der Waals surface area contributed by atoms with Gasteiger partial charge < -0.3 is 15.4 Å². The van der Waals surface area contributed by atoms with E-state index in [1.807, 2.05) is 0 Å². The molecule has 0 radical (unpaired) electrons. The largest absolute Gasteiger partial charge is 0.466 e. The van der Waals surface area contributed by atoms with Crippen LogP contribution in [0, 0.1) is 0 Å². The Morgan fingerprint density at radius 3 is 2.30 bits per heavy atom. The third kappa shape index (κ3) is 5.09. The van der Waals surface area contributed by atoms with Crippen molar-refractivity contribution in [3.8, 4) is 0 Å². The molecule has 20 heavy (non-hydrogen) atoms. The normalized spacial score (nSPS) is 9.70. The summed E-state index contributed by atoms with van der Waals surface area (Å²) in [5.74, 6) is -0.853. The Bertz CT molecular complexity index is 482. The fourth-order valence-corrected chi connectivity index (χ4v) is 1.52. The molecule has 0 aliphatic carbocycles. The number of hydrogen-bond donors (Lipinski definition) is 2. The second-order valence-electron chi connectivity index (χ2n) is 4.01. The summed E-state index contributed by atoms with van der Waals surface area (Å²) in [6.45, 7) is 2.02. The number of nitrogens with one attached hydrogen (secondary N) is 2. The summed E-state index contributed by atoms with van der Waals surface area (Å²) in [6.07, 6.45) is 0.117. The van der Waals surface area contributed by atoms with E-state index in [9.17, 15) is 14.4 Å². The zero-order valence-corrected chi connectivity index (χ0v) is 11.6. The molecule has 1 aromatic carbocycles. The molecule has 6 heteroatoms. The van der Waals surface area contributed by atoms with Gasteiger partial charge in [0.1, 0.15) is 0 Å². The SMILES string of the molecule is CCOC(=O)CCC(=O)Nc1ccc(C(=O)NC)cc1. The molecule has 108 valence electrons. The van der Waals surface area contributed by atoms with Crippen molar-refractivity contribution in [2.75, 3.05) is 19.0 Å². The number of rotatable bonds is 6. The van der Waals surface area contributed by atoms with Crippen molar-refractivity contribution in [3.63, 3.8) is 0 Å². The van der Waals surface area contributed by atoms with Crippen molar-refractivity contribution in [2.45, 2.75) is 19.8 Å². The van der Waals surface area contributed by atoms with E-state index in [2.05, 4.69) is 10.6 Å². The molecular formula is C14H18N2O4. The lowest BCUT2D eigenvalue weighted by Gasteiger charge is -2.06. The standard InChI is InChI=1S/C14H18N2O4/c1-3-20-13(18)9-8-12(17)16-11-6-4-10(5-7-11)14(19)15-2/h4-7H,3,8-9H2,1-2H3,(H,15,19)(H,16,17). The van der Waals surface area contributed by atoms with Gasteiger partial charge in [0.2, 0.25) is 5.91 Å². The number of amides is 2. The summed E-state index contributed by atoms with van der Waals surface area (Å²) in [6, 6.07) is 6.49. The summed E-state index contributed by atoms with van der Waals surface area (Å²) in [5.41, 5.74) is 1.09. The highest BCUT2D eigenvalue weighted by molar-refractivity contribution is 5.96. The lowest BCUT2D eigenvalue weighted by Crippen LogP contribution is -2.18. The van der Waals surface area contributed by atoms with Crippen molar-refractivity contribution in [2.24, 2.45) is 0 Å². The van der Waals surface area contributed by atoms with E-state index in [-0.39, 0.29) is 24.7 Å². The number of carbonyl (C=O) groups is 3. The molecule has 6 nitrogen and oxygen atoms in total. The smallest absolute Gasteiger partial charge is 0.306 e. The van der Waals surface area contributed by atoms with E-state index >= 15 is 0 Å². The number of ether oxygens (including phenoxy) is 1. The van der Waals surface area contributed by atoms with Crippen LogP contribution in [-0.2, 0) is 14.3 Å². The Morgan fingerprint density at radius 2 is 1.75 bits per heavy atom. The molecular weight excluding hydrogens is 260 g/mol. The minimum absolute atomic E-state index is 0.0516. The maximum absolute atomic E-state index is 11.6. The van der Waals surface area contributed by atoms with Crippen LogP contribution < -0.4 is 10.6 Å². The third-order valence-electron chi connectivity index (χ3n) is 2.52. The fourth-order valence-electron chi connectivity index (χ4n) is 1.52. The Balaban J connectivity index is 2.46. The van der Waals surface area contributed by atoms with Crippen molar-refractivity contribution in [3.05, 3.63) is 29.8 Å². The van der Waals surface area contributed by atoms with E-state index in [1.165, 1.54) is 0 Å². The molecule has 0 saturated carbocycles. The predicted octanol–water partition coefficient (Wildman–Crippen LogP) is 1.33. The number of esters is 1. The zero-order valence-electron chi connectivity index (χ0n) is 11.6. The Labute approximate surface area is 117 Å². The molecule has 0 aliphatic rings. The molecule has 0 atom stereocenters. The topological polar surface area (TPSA) is 84.5 Å². The summed E-state index contributed by atoms with van der Waals surface area (Å²) in [7, 11) is 1.55. The van der Waals surface area contributed by atoms with Gasteiger partial charge in [-0.05, 0) is 31.2 Å². The highest BCUT2D eigenvalue weighted by Crippen LogP contribution is 2.10. The molecule has 0 heterocycles. The molecule has 0 saturated heterocycles. The predicted molar refractivity (Wildman–Crippen MR) is 74.3 cm³/mol. The number of hydrogen-bond acceptors (Lipinski definition) is 4. The Kier molecular flexibility index (Phi) is 6.22. The lowest BCUT2D eigenvalue weighted by molar-refractivity contribution is -0.144. The highest BCUT2D eigenvalue weighted by atomic mass is 16.5. The van der Waals surface area contributed by atoms with Crippen LogP contribution in [0.5, 0.6) is 0 Å². The van der Waals surface area contributed by atoms with Gasteiger partial charge in [0.15, 0.2) is 0 Å². The second kappa shape index (κ2) is 7.93. The average Bonchev–Trinajstić information content (AvgIpc) is 2.45. The quantitative estimate of drug-likeness (QED) is 0.769. The van der Waals surface area contributed by atoms with E-state index in [0.29, 0.717) is 17.9 Å². The maximum atomic E-state index is 11.6. The first-order valence-corrected chi connectivity index (χ1v) is 6.34. The van der Waals surface area contributed by atoms with Crippen LogP contribution in [0.1, 0.15) is 30.1 Å². The average molecular weight is 278 g/mol. The van der Waals surface area contributed by atoms with Crippen LogP contribution in [0.25, 0.3) is 0 Å². The van der Waals surface area contributed by atoms with Crippen LogP contribution in [-0.4, -0.2) is 31.4 Å². The van der Waals surface area contributed by atoms with Gasteiger partial charge in [-0.2, -0.15) is 0 Å². The summed E-state index contributed by atoms with van der Waals surface area (Å²) in [5, 5.41) is 5.15. The molecule has 0 unspecified atom stereocenters. The van der Waals surface area contributed by atoms with Crippen molar-refractivity contribution in [1.29, 1.82) is 0 Å². The Morgan fingerprint density at radius 1 is 1.10 bits per heavy atom. The second-order valence-corrected chi connectivity index (χ2v) is 4.01. The van der Waals surface area contributed by atoms with Crippen LogP contribution >= 0.6 is 0 Å². The van der Waals surface area contributed by atoms with Crippen LogP contribution in [0.15, 0.2) is 24.3 Å².